The van der Waals surface area contributed by atoms with E-state index in [1.165, 1.54) is 11.8 Å². The molecule has 0 fully saturated rings. The molecule has 118 valence electrons. The Hall–Kier alpha value is -2.02. The fourth-order valence-corrected chi connectivity index (χ4v) is 2.49. The first-order valence-corrected chi connectivity index (χ1v) is 8.12. The molecule has 0 aliphatic rings. The van der Waals surface area contributed by atoms with Crippen LogP contribution in [0.3, 0.4) is 0 Å². The molecule has 2 aromatic rings. The first-order valence-electron chi connectivity index (χ1n) is 7.24. The number of aromatic amines is 1. The number of hydrogen-bond acceptors (Lipinski definition) is 5. The van der Waals surface area contributed by atoms with Gasteiger partial charge in [0.1, 0.15) is 11.6 Å². The molecule has 0 aliphatic heterocycles. The van der Waals surface area contributed by atoms with Gasteiger partial charge in [-0.1, -0.05) is 18.7 Å². The van der Waals surface area contributed by atoms with E-state index in [0.29, 0.717) is 11.8 Å². The first kappa shape index (κ1) is 16.4. The van der Waals surface area contributed by atoms with Gasteiger partial charge < -0.3 is 10.1 Å². The number of thioether (sulfide) groups is 1. The highest BCUT2D eigenvalue weighted by atomic mass is 32.2. The second kappa shape index (κ2) is 7.84. The molecule has 0 unspecified atom stereocenters. The third-order valence-corrected chi connectivity index (χ3v) is 3.89. The Balaban J connectivity index is 1.90. The summed E-state index contributed by atoms with van der Waals surface area (Å²) >= 11 is 1.33. The van der Waals surface area contributed by atoms with Gasteiger partial charge in [0, 0.05) is 12.1 Å². The molecule has 0 saturated heterocycles. The number of carbonyl (C=O) groups excluding carboxylic acids is 1. The Kier molecular flexibility index (Phi) is 5.83. The van der Waals surface area contributed by atoms with Crippen LogP contribution in [0.4, 0.5) is 5.69 Å². The highest BCUT2D eigenvalue weighted by molar-refractivity contribution is 8.00. The number of amides is 1. The molecule has 2 rings (SSSR count). The number of nitrogens with one attached hydrogen (secondary N) is 2. The minimum absolute atomic E-state index is 0.0861. The standard InChI is InChI=1S/C15H20N4O2S/c1-4-13-17-15(19-18-13)22-10(3)14(20)16-11-6-8-12(9-7-11)21-5-2/h6-10H,4-5H2,1-3H3,(H,16,20)(H,17,18,19)/t10-/m1/s1. The fraction of sp³-hybridized carbons (Fsp3) is 0.400. The van der Waals surface area contributed by atoms with Gasteiger partial charge in [0.25, 0.3) is 0 Å². The number of rotatable bonds is 7. The summed E-state index contributed by atoms with van der Waals surface area (Å²) in [5.74, 6) is 1.52. The van der Waals surface area contributed by atoms with Crippen LogP contribution in [0, 0.1) is 0 Å². The Labute approximate surface area is 134 Å². The molecule has 7 heteroatoms. The smallest absolute Gasteiger partial charge is 0.237 e. The van der Waals surface area contributed by atoms with Gasteiger partial charge >= 0.3 is 0 Å². The van der Waals surface area contributed by atoms with Crippen molar-refractivity contribution in [1.82, 2.24) is 15.2 Å². The molecular formula is C15H20N4O2S. The second-order valence-electron chi connectivity index (χ2n) is 4.62. The van der Waals surface area contributed by atoms with Crippen LogP contribution in [-0.2, 0) is 11.2 Å². The van der Waals surface area contributed by atoms with E-state index in [4.69, 9.17) is 4.74 Å². The third kappa shape index (κ3) is 4.49. The zero-order valence-electron chi connectivity index (χ0n) is 12.9. The average Bonchev–Trinajstić information content (AvgIpc) is 2.97. The molecule has 2 N–H and O–H groups in total. The van der Waals surface area contributed by atoms with Gasteiger partial charge in [0.15, 0.2) is 0 Å². The zero-order valence-corrected chi connectivity index (χ0v) is 13.7. The SMILES string of the molecule is CCOc1ccc(NC(=O)[C@@H](C)Sc2n[nH]c(CC)n2)cc1. The largest absolute Gasteiger partial charge is 0.494 e. The summed E-state index contributed by atoms with van der Waals surface area (Å²) in [5, 5.41) is 10.1. The summed E-state index contributed by atoms with van der Waals surface area (Å²) < 4.78 is 5.37. The monoisotopic (exact) mass is 320 g/mol. The van der Waals surface area contributed by atoms with E-state index in [9.17, 15) is 4.79 Å². The molecular weight excluding hydrogens is 300 g/mol. The number of nitrogens with zero attached hydrogens (tertiary/aromatic N) is 2. The van der Waals surface area contributed by atoms with Crippen molar-refractivity contribution < 1.29 is 9.53 Å². The van der Waals surface area contributed by atoms with Gasteiger partial charge in [-0.2, -0.15) is 0 Å². The van der Waals surface area contributed by atoms with E-state index in [1.54, 1.807) is 0 Å². The van der Waals surface area contributed by atoms with E-state index < -0.39 is 0 Å². The molecule has 0 bridgehead atoms. The summed E-state index contributed by atoms with van der Waals surface area (Å²) in [4.78, 5) is 16.5. The van der Waals surface area contributed by atoms with E-state index >= 15 is 0 Å². The lowest BCUT2D eigenvalue weighted by Gasteiger charge is -2.10. The third-order valence-electron chi connectivity index (χ3n) is 2.93. The lowest BCUT2D eigenvalue weighted by Crippen LogP contribution is -2.22. The number of hydrogen-bond donors (Lipinski definition) is 2. The van der Waals surface area contributed by atoms with E-state index in [2.05, 4.69) is 20.5 Å². The van der Waals surface area contributed by atoms with Crippen molar-refractivity contribution in [3.8, 4) is 5.75 Å². The van der Waals surface area contributed by atoms with Crippen molar-refractivity contribution in [2.45, 2.75) is 37.6 Å². The summed E-state index contributed by atoms with van der Waals surface area (Å²) in [6.45, 7) is 6.38. The zero-order chi connectivity index (χ0) is 15.9. The molecule has 22 heavy (non-hydrogen) atoms. The van der Waals surface area contributed by atoms with Crippen molar-refractivity contribution in [3.05, 3.63) is 30.1 Å². The Morgan fingerprint density at radius 3 is 2.68 bits per heavy atom. The molecule has 6 nitrogen and oxygen atoms in total. The highest BCUT2D eigenvalue weighted by Gasteiger charge is 2.17. The molecule has 0 radical (unpaired) electrons. The van der Waals surface area contributed by atoms with Crippen molar-refractivity contribution in [2.75, 3.05) is 11.9 Å². The van der Waals surface area contributed by atoms with Crippen LogP contribution in [-0.4, -0.2) is 32.9 Å². The van der Waals surface area contributed by atoms with Crippen molar-refractivity contribution in [1.29, 1.82) is 0 Å². The molecule has 1 aromatic carbocycles. The fourth-order valence-electron chi connectivity index (χ4n) is 1.75. The maximum atomic E-state index is 12.2. The number of benzene rings is 1. The number of ether oxygens (including phenoxy) is 1. The van der Waals surface area contributed by atoms with Gasteiger partial charge in [0.2, 0.25) is 11.1 Å². The molecule has 1 aromatic heterocycles. The maximum Gasteiger partial charge on any atom is 0.237 e. The van der Waals surface area contributed by atoms with Crippen molar-refractivity contribution in [3.63, 3.8) is 0 Å². The van der Waals surface area contributed by atoms with Gasteiger partial charge in [-0.25, -0.2) is 4.98 Å². The Morgan fingerprint density at radius 2 is 2.09 bits per heavy atom. The molecule has 1 amide bonds. The van der Waals surface area contributed by atoms with Crippen LogP contribution in [0.5, 0.6) is 5.75 Å². The lowest BCUT2D eigenvalue weighted by molar-refractivity contribution is -0.115. The van der Waals surface area contributed by atoms with Gasteiger partial charge in [-0.05, 0) is 38.1 Å². The van der Waals surface area contributed by atoms with Crippen LogP contribution >= 0.6 is 11.8 Å². The van der Waals surface area contributed by atoms with E-state index in [-0.39, 0.29) is 11.2 Å². The summed E-state index contributed by atoms with van der Waals surface area (Å²) in [5.41, 5.74) is 0.741. The summed E-state index contributed by atoms with van der Waals surface area (Å²) in [7, 11) is 0. The quantitative estimate of drug-likeness (QED) is 0.767. The van der Waals surface area contributed by atoms with Crippen LogP contribution in [0.15, 0.2) is 29.4 Å². The van der Waals surface area contributed by atoms with Gasteiger partial charge in [-0.15, -0.1) is 5.10 Å². The summed E-state index contributed by atoms with van der Waals surface area (Å²) in [6.07, 6.45) is 0.792. The van der Waals surface area contributed by atoms with E-state index in [1.807, 2.05) is 45.0 Å². The number of aryl methyl sites for hydroxylation is 1. The number of H-pyrrole nitrogens is 1. The van der Waals surface area contributed by atoms with E-state index in [0.717, 1.165) is 23.7 Å². The molecule has 0 aliphatic carbocycles. The predicted molar refractivity (Wildman–Crippen MR) is 87.3 cm³/mol. The second-order valence-corrected chi connectivity index (χ2v) is 5.93. The molecule has 1 atom stereocenters. The van der Waals surface area contributed by atoms with Gasteiger partial charge in [-0.3, -0.25) is 9.89 Å². The normalized spacial score (nSPS) is 12.0. The number of aromatic nitrogens is 3. The minimum Gasteiger partial charge on any atom is -0.494 e. The van der Waals surface area contributed by atoms with Crippen molar-refractivity contribution >= 4 is 23.4 Å². The minimum atomic E-state index is -0.285. The van der Waals surface area contributed by atoms with Crippen LogP contribution in [0.1, 0.15) is 26.6 Å². The maximum absolute atomic E-state index is 12.2. The topological polar surface area (TPSA) is 79.9 Å². The molecule has 1 heterocycles. The average molecular weight is 320 g/mol. The highest BCUT2D eigenvalue weighted by Crippen LogP contribution is 2.21. The Morgan fingerprint density at radius 1 is 1.36 bits per heavy atom. The van der Waals surface area contributed by atoms with Crippen LogP contribution in [0.2, 0.25) is 0 Å². The van der Waals surface area contributed by atoms with Crippen LogP contribution < -0.4 is 10.1 Å². The molecule has 0 saturated carbocycles. The predicted octanol–water partition coefficient (Wildman–Crippen LogP) is 2.89. The molecule has 0 spiro atoms. The Bertz CT molecular complexity index is 612. The number of carbonyl (C=O) groups is 1. The number of anilines is 1. The summed E-state index contributed by atoms with van der Waals surface area (Å²) in [6, 6.07) is 7.31. The van der Waals surface area contributed by atoms with Crippen molar-refractivity contribution in [2.24, 2.45) is 0 Å². The first-order chi connectivity index (χ1) is 10.6. The lowest BCUT2D eigenvalue weighted by atomic mass is 10.3. The van der Waals surface area contributed by atoms with Gasteiger partial charge in [0.05, 0.1) is 11.9 Å². The van der Waals surface area contributed by atoms with Crippen LogP contribution in [0.25, 0.3) is 0 Å².